The highest BCUT2D eigenvalue weighted by Crippen LogP contribution is 2.36. The fraction of sp³-hybridized carbons (Fsp3) is 0.312. The Kier molecular flexibility index (Phi) is 4.38. The van der Waals surface area contributed by atoms with Gasteiger partial charge in [0, 0.05) is 12.1 Å². The Morgan fingerprint density at radius 2 is 1.96 bits per heavy atom. The van der Waals surface area contributed by atoms with E-state index in [1.807, 2.05) is 13.8 Å². The number of hydrogen-bond donors (Lipinski definition) is 3. The van der Waals surface area contributed by atoms with Gasteiger partial charge in [-0.3, -0.25) is 0 Å². The molecule has 0 aliphatic carbocycles. The number of halogens is 2. The van der Waals surface area contributed by atoms with E-state index in [4.69, 9.17) is 16.3 Å². The Balaban J connectivity index is 2.21. The first kappa shape index (κ1) is 17.2. The summed E-state index contributed by atoms with van der Waals surface area (Å²) in [4.78, 5) is 19.9. The number of aromatic nitrogens is 2. The highest BCUT2D eigenvalue weighted by Gasteiger charge is 2.29. The highest BCUT2D eigenvalue weighted by atomic mass is 35.5. The number of ether oxygens (including phenoxy) is 1. The molecule has 1 aliphatic rings. The van der Waals surface area contributed by atoms with Crippen LogP contribution in [0.25, 0.3) is 11.4 Å². The van der Waals surface area contributed by atoms with Gasteiger partial charge in [0.05, 0.1) is 17.7 Å². The van der Waals surface area contributed by atoms with Crippen molar-refractivity contribution < 1.29 is 19.0 Å². The molecule has 0 bridgehead atoms. The number of carboxylic acid groups (broad SMARTS) is 1. The number of aromatic carboxylic acids is 1. The number of benzene rings is 1. The van der Waals surface area contributed by atoms with Gasteiger partial charge in [-0.1, -0.05) is 11.6 Å². The molecule has 9 heteroatoms. The number of methoxy groups -OCH3 is 1. The molecule has 3 N–H and O–H groups in total. The predicted molar refractivity (Wildman–Crippen MR) is 92.1 cm³/mol. The molecule has 3 rings (SSSR count). The third-order valence-electron chi connectivity index (χ3n) is 4.09. The van der Waals surface area contributed by atoms with Gasteiger partial charge in [-0.2, -0.15) is 0 Å². The van der Waals surface area contributed by atoms with Gasteiger partial charge in [-0.25, -0.2) is 19.2 Å². The second-order valence-electron chi connectivity index (χ2n) is 5.73. The lowest BCUT2D eigenvalue weighted by Crippen LogP contribution is -2.40. The van der Waals surface area contributed by atoms with Crippen LogP contribution in [0.5, 0.6) is 5.75 Å². The molecule has 2 unspecified atom stereocenters. The lowest BCUT2D eigenvalue weighted by molar-refractivity contribution is 0.0691. The summed E-state index contributed by atoms with van der Waals surface area (Å²) in [7, 11) is 1.29. The quantitative estimate of drug-likeness (QED) is 0.767. The zero-order chi connectivity index (χ0) is 18.3. The fourth-order valence-corrected chi connectivity index (χ4v) is 2.79. The first-order valence-electron chi connectivity index (χ1n) is 7.54. The van der Waals surface area contributed by atoms with Gasteiger partial charge in [0.1, 0.15) is 5.69 Å². The van der Waals surface area contributed by atoms with E-state index < -0.39 is 11.8 Å². The third kappa shape index (κ3) is 2.93. The van der Waals surface area contributed by atoms with Gasteiger partial charge in [-0.05, 0) is 26.0 Å². The lowest BCUT2D eigenvalue weighted by Gasteiger charge is -2.31. The van der Waals surface area contributed by atoms with Crippen molar-refractivity contribution in [3.63, 3.8) is 0 Å². The Morgan fingerprint density at radius 3 is 2.60 bits per heavy atom. The summed E-state index contributed by atoms with van der Waals surface area (Å²) in [6.07, 6.45) is 0. The Hall–Kier alpha value is -2.61. The van der Waals surface area contributed by atoms with Crippen molar-refractivity contribution in [3.05, 3.63) is 28.7 Å². The number of hydrogen-bond acceptors (Lipinski definition) is 6. The first-order valence-corrected chi connectivity index (χ1v) is 7.92. The van der Waals surface area contributed by atoms with Gasteiger partial charge in [0.25, 0.3) is 0 Å². The molecule has 0 amide bonds. The summed E-state index contributed by atoms with van der Waals surface area (Å²) in [5, 5.41) is 15.8. The average Bonchev–Trinajstić information content (AvgIpc) is 2.55. The lowest BCUT2D eigenvalue weighted by atomic mass is 10.1. The van der Waals surface area contributed by atoms with E-state index in [0.29, 0.717) is 5.82 Å². The number of fused-ring (bicyclic) bond motifs is 1. The molecular formula is C16H16ClFN4O3. The molecular weight excluding hydrogens is 351 g/mol. The van der Waals surface area contributed by atoms with Crippen LogP contribution < -0.4 is 15.4 Å². The van der Waals surface area contributed by atoms with Gasteiger partial charge in [0.2, 0.25) is 0 Å². The van der Waals surface area contributed by atoms with E-state index in [2.05, 4.69) is 20.6 Å². The predicted octanol–water partition coefficient (Wildman–Crippen LogP) is 3.26. The standard InChI is InChI=1S/C16H16ClFN4O3/c1-6-7(2)20-15-11(19-6)12(16(23)24)21-14(22-15)8-4-5-9(17)13(25-3)10(8)18/h4-7,19H,1-3H3,(H,23,24)(H,20,21,22). The van der Waals surface area contributed by atoms with Crippen molar-refractivity contribution in [2.45, 2.75) is 25.9 Å². The fourth-order valence-electron chi connectivity index (χ4n) is 2.56. The van der Waals surface area contributed by atoms with Crippen LogP contribution in [0.2, 0.25) is 5.02 Å². The molecule has 0 saturated carbocycles. The monoisotopic (exact) mass is 366 g/mol. The first-order chi connectivity index (χ1) is 11.8. The van der Waals surface area contributed by atoms with Crippen molar-refractivity contribution >= 4 is 29.1 Å². The Labute approximate surface area is 148 Å². The topological polar surface area (TPSA) is 96.4 Å². The second-order valence-corrected chi connectivity index (χ2v) is 6.14. The SMILES string of the molecule is COc1c(Cl)ccc(-c2nc3c(c(C(=O)O)n2)NC(C)C(C)N3)c1F. The minimum Gasteiger partial charge on any atom is -0.492 e. The molecule has 1 aliphatic heterocycles. The molecule has 0 fully saturated rings. The zero-order valence-corrected chi connectivity index (χ0v) is 14.5. The number of carboxylic acids is 1. The molecule has 1 aromatic heterocycles. The van der Waals surface area contributed by atoms with Crippen LogP contribution in [0.4, 0.5) is 15.9 Å². The van der Waals surface area contributed by atoms with Gasteiger partial charge < -0.3 is 20.5 Å². The molecule has 7 nitrogen and oxygen atoms in total. The van der Waals surface area contributed by atoms with Crippen LogP contribution in [0.3, 0.4) is 0 Å². The zero-order valence-electron chi connectivity index (χ0n) is 13.7. The van der Waals surface area contributed by atoms with Crippen molar-refractivity contribution in [1.82, 2.24) is 9.97 Å². The summed E-state index contributed by atoms with van der Waals surface area (Å²) in [6.45, 7) is 3.83. The molecule has 2 aromatic rings. The largest absolute Gasteiger partial charge is 0.492 e. The van der Waals surface area contributed by atoms with E-state index in [9.17, 15) is 14.3 Å². The van der Waals surface area contributed by atoms with E-state index in [1.54, 1.807) is 0 Å². The number of rotatable bonds is 3. The summed E-state index contributed by atoms with van der Waals surface area (Å²) in [5.41, 5.74) is 0.0439. The van der Waals surface area contributed by atoms with Crippen LogP contribution in [-0.4, -0.2) is 40.2 Å². The normalized spacial score (nSPS) is 18.8. The van der Waals surface area contributed by atoms with E-state index in [0.717, 1.165) is 0 Å². The van der Waals surface area contributed by atoms with E-state index in [1.165, 1.54) is 19.2 Å². The van der Waals surface area contributed by atoms with E-state index >= 15 is 0 Å². The number of nitrogens with one attached hydrogen (secondary N) is 2. The molecule has 2 heterocycles. The molecule has 0 spiro atoms. The maximum atomic E-state index is 14.7. The molecule has 132 valence electrons. The minimum absolute atomic E-state index is 0.000347. The third-order valence-corrected chi connectivity index (χ3v) is 4.39. The molecule has 0 saturated heterocycles. The molecule has 1 aromatic carbocycles. The van der Waals surface area contributed by atoms with Gasteiger partial charge in [0.15, 0.2) is 28.9 Å². The number of carbonyl (C=O) groups is 1. The summed E-state index contributed by atoms with van der Waals surface area (Å²) < 4.78 is 19.6. The summed E-state index contributed by atoms with van der Waals surface area (Å²) in [5.74, 6) is -1.90. The maximum absolute atomic E-state index is 14.7. The second kappa shape index (κ2) is 6.36. The van der Waals surface area contributed by atoms with Crippen LogP contribution in [0, 0.1) is 5.82 Å². The summed E-state index contributed by atoms with van der Waals surface area (Å²) >= 11 is 5.90. The molecule has 2 atom stereocenters. The van der Waals surface area contributed by atoms with Crippen LogP contribution >= 0.6 is 11.6 Å². The Morgan fingerprint density at radius 1 is 1.28 bits per heavy atom. The van der Waals surface area contributed by atoms with Gasteiger partial charge >= 0.3 is 5.97 Å². The average molecular weight is 367 g/mol. The van der Waals surface area contributed by atoms with Crippen molar-refractivity contribution in [2.75, 3.05) is 17.7 Å². The smallest absolute Gasteiger partial charge is 0.356 e. The number of nitrogens with zero attached hydrogens (tertiary/aromatic N) is 2. The Bertz CT molecular complexity index is 862. The molecule has 25 heavy (non-hydrogen) atoms. The minimum atomic E-state index is -1.24. The van der Waals surface area contributed by atoms with Crippen LogP contribution in [-0.2, 0) is 0 Å². The summed E-state index contributed by atoms with van der Waals surface area (Å²) in [6, 6.07) is 2.81. The van der Waals surface area contributed by atoms with Crippen molar-refractivity contribution in [2.24, 2.45) is 0 Å². The van der Waals surface area contributed by atoms with E-state index in [-0.39, 0.29) is 45.6 Å². The van der Waals surface area contributed by atoms with Crippen molar-refractivity contribution in [1.29, 1.82) is 0 Å². The highest BCUT2D eigenvalue weighted by molar-refractivity contribution is 6.32. The molecule has 0 radical (unpaired) electrons. The van der Waals surface area contributed by atoms with Crippen LogP contribution in [0.1, 0.15) is 24.3 Å². The maximum Gasteiger partial charge on any atom is 0.356 e. The number of anilines is 2. The van der Waals surface area contributed by atoms with Crippen LogP contribution in [0.15, 0.2) is 12.1 Å². The van der Waals surface area contributed by atoms with Crippen molar-refractivity contribution in [3.8, 4) is 17.1 Å². The van der Waals surface area contributed by atoms with Gasteiger partial charge in [-0.15, -0.1) is 0 Å².